The lowest BCUT2D eigenvalue weighted by atomic mass is 10.1. The lowest BCUT2D eigenvalue weighted by molar-refractivity contribution is 0.563. The summed E-state index contributed by atoms with van der Waals surface area (Å²) < 4.78 is 0. The molecule has 2 nitrogen and oxygen atoms in total. The van der Waals surface area contributed by atoms with Crippen LogP contribution in [0.3, 0.4) is 0 Å². The Morgan fingerprint density at radius 1 is 1.06 bits per heavy atom. The quantitative estimate of drug-likeness (QED) is 0.801. The third-order valence-corrected chi connectivity index (χ3v) is 3.51. The summed E-state index contributed by atoms with van der Waals surface area (Å²) >= 11 is 0. The smallest absolute Gasteiger partial charge is 0.0386 e. The maximum atomic E-state index is 3.53. The summed E-state index contributed by atoms with van der Waals surface area (Å²) in [5.41, 5.74) is 4.10. The van der Waals surface area contributed by atoms with Crippen molar-refractivity contribution in [2.45, 2.75) is 33.7 Å². The largest absolute Gasteiger partial charge is 0.367 e. The van der Waals surface area contributed by atoms with Crippen molar-refractivity contribution >= 4 is 5.69 Å². The van der Waals surface area contributed by atoms with E-state index >= 15 is 0 Å². The van der Waals surface area contributed by atoms with Gasteiger partial charge in [0.1, 0.15) is 0 Å². The molecule has 0 radical (unpaired) electrons. The Morgan fingerprint density at radius 2 is 1.71 bits per heavy atom. The zero-order valence-electron chi connectivity index (χ0n) is 11.5. The minimum Gasteiger partial charge on any atom is -0.367 e. The van der Waals surface area contributed by atoms with Crippen molar-refractivity contribution in [3.8, 4) is 0 Å². The van der Waals surface area contributed by atoms with Crippen molar-refractivity contribution in [3.63, 3.8) is 0 Å². The number of nitrogens with zero attached hydrogens (tertiary/aromatic N) is 1. The maximum absolute atomic E-state index is 3.53. The van der Waals surface area contributed by atoms with Crippen LogP contribution in [-0.2, 0) is 0 Å². The molecule has 17 heavy (non-hydrogen) atoms. The van der Waals surface area contributed by atoms with Crippen LogP contribution in [0.15, 0.2) is 18.2 Å². The Balaban J connectivity index is 2.28. The molecule has 1 N–H and O–H groups in total. The fourth-order valence-electron chi connectivity index (χ4n) is 2.71. The van der Waals surface area contributed by atoms with Crippen LogP contribution in [0.4, 0.5) is 5.69 Å². The third kappa shape index (κ3) is 3.01. The predicted molar refractivity (Wildman–Crippen MR) is 74.8 cm³/mol. The molecule has 0 saturated carbocycles. The summed E-state index contributed by atoms with van der Waals surface area (Å²) in [6.45, 7) is 12.4. The molecule has 0 bridgehead atoms. The molecule has 1 aliphatic heterocycles. The summed E-state index contributed by atoms with van der Waals surface area (Å²) in [5, 5.41) is 3.53. The molecule has 1 fully saturated rings. The highest BCUT2D eigenvalue weighted by atomic mass is 15.2. The summed E-state index contributed by atoms with van der Waals surface area (Å²) in [7, 11) is 0. The van der Waals surface area contributed by atoms with Gasteiger partial charge in [-0.25, -0.2) is 0 Å². The fraction of sp³-hybridized carbons (Fsp3) is 0.600. The lowest BCUT2D eigenvalue weighted by Crippen LogP contribution is -2.38. The number of hydrogen-bond acceptors (Lipinski definition) is 2. The van der Waals surface area contributed by atoms with E-state index in [1.54, 1.807) is 0 Å². The van der Waals surface area contributed by atoms with Crippen molar-refractivity contribution in [2.75, 3.05) is 24.5 Å². The fourth-order valence-corrected chi connectivity index (χ4v) is 2.71. The van der Waals surface area contributed by atoms with Gasteiger partial charge in [-0.2, -0.15) is 0 Å². The van der Waals surface area contributed by atoms with E-state index in [1.807, 2.05) is 0 Å². The Morgan fingerprint density at radius 3 is 2.35 bits per heavy atom. The minimum absolute atomic E-state index is 0.571. The molecule has 2 heteroatoms. The molecular weight excluding hydrogens is 208 g/mol. The van der Waals surface area contributed by atoms with Gasteiger partial charge in [-0.3, -0.25) is 0 Å². The molecule has 1 aliphatic rings. The first kappa shape index (κ1) is 12.4. The molecule has 1 aromatic rings. The van der Waals surface area contributed by atoms with Gasteiger partial charge >= 0.3 is 0 Å². The average Bonchev–Trinajstić information content (AvgIpc) is 2.39. The number of aryl methyl sites for hydroxylation is 2. The molecule has 1 heterocycles. The molecule has 0 aliphatic carbocycles. The highest BCUT2D eigenvalue weighted by Gasteiger charge is 2.20. The summed E-state index contributed by atoms with van der Waals surface area (Å²) in [6, 6.07) is 7.43. The molecule has 2 unspecified atom stereocenters. The first-order chi connectivity index (χ1) is 8.06. The van der Waals surface area contributed by atoms with Crippen LogP contribution in [0.2, 0.25) is 0 Å². The first-order valence-electron chi connectivity index (χ1n) is 6.62. The Hall–Kier alpha value is -1.02. The lowest BCUT2D eigenvalue weighted by Gasteiger charge is -2.31. The number of hydrogen-bond donors (Lipinski definition) is 1. The zero-order chi connectivity index (χ0) is 12.4. The van der Waals surface area contributed by atoms with Crippen LogP contribution in [0.5, 0.6) is 0 Å². The van der Waals surface area contributed by atoms with Gasteiger partial charge in [-0.15, -0.1) is 0 Å². The second-order valence-corrected chi connectivity index (χ2v) is 5.61. The zero-order valence-corrected chi connectivity index (χ0v) is 11.5. The summed E-state index contributed by atoms with van der Waals surface area (Å²) in [5.74, 6) is 0.709. The standard InChI is InChI=1S/C15H24N2/c1-11-5-12(2)7-15(6-11)17-10-13(3)8-16-9-14(17)4/h5-7,13-14,16H,8-10H2,1-4H3. The van der Waals surface area contributed by atoms with Gasteiger partial charge in [0.05, 0.1) is 0 Å². The molecule has 0 amide bonds. The van der Waals surface area contributed by atoms with E-state index in [0.717, 1.165) is 19.6 Å². The monoisotopic (exact) mass is 232 g/mol. The van der Waals surface area contributed by atoms with Crippen LogP contribution in [0, 0.1) is 19.8 Å². The van der Waals surface area contributed by atoms with Crippen molar-refractivity contribution in [3.05, 3.63) is 29.3 Å². The molecule has 0 aromatic heterocycles. The van der Waals surface area contributed by atoms with E-state index in [4.69, 9.17) is 0 Å². The molecule has 1 aromatic carbocycles. The number of anilines is 1. The van der Waals surface area contributed by atoms with Gasteiger partial charge < -0.3 is 10.2 Å². The number of rotatable bonds is 1. The second kappa shape index (κ2) is 5.09. The van der Waals surface area contributed by atoms with Gasteiger partial charge in [-0.05, 0) is 56.5 Å². The number of benzene rings is 1. The Labute approximate surface area is 105 Å². The Bertz CT molecular complexity index is 366. The highest BCUT2D eigenvalue weighted by Crippen LogP contribution is 2.23. The van der Waals surface area contributed by atoms with Crippen LogP contribution in [-0.4, -0.2) is 25.7 Å². The molecule has 94 valence electrons. The van der Waals surface area contributed by atoms with Gasteiger partial charge in [-0.1, -0.05) is 13.0 Å². The van der Waals surface area contributed by atoms with Crippen LogP contribution < -0.4 is 10.2 Å². The van der Waals surface area contributed by atoms with Crippen LogP contribution in [0.25, 0.3) is 0 Å². The van der Waals surface area contributed by atoms with E-state index in [-0.39, 0.29) is 0 Å². The number of nitrogens with one attached hydrogen (secondary N) is 1. The van der Waals surface area contributed by atoms with E-state index < -0.39 is 0 Å². The molecule has 0 spiro atoms. The second-order valence-electron chi connectivity index (χ2n) is 5.61. The molecular formula is C15H24N2. The summed E-state index contributed by atoms with van der Waals surface area (Å²) in [4.78, 5) is 2.55. The third-order valence-electron chi connectivity index (χ3n) is 3.51. The van der Waals surface area contributed by atoms with Crippen molar-refractivity contribution in [1.82, 2.24) is 5.32 Å². The highest BCUT2D eigenvalue weighted by molar-refractivity contribution is 5.52. The molecule has 1 saturated heterocycles. The maximum Gasteiger partial charge on any atom is 0.0386 e. The van der Waals surface area contributed by atoms with E-state index in [9.17, 15) is 0 Å². The normalized spacial score (nSPS) is 25.8. The van der Waals surface area contributed by atoms with Crippen molar-refractivity contribution in [2.24, 2.45) is 5.92 Å². The van der Waals surface area contributed by atoms with Gasteiger partial charge in [0.15, 0.2) is 0 Å². The van der Waals surface area contributed by atoms with Crippen molar-refractivity contribution in [1.29, 1.82) is 0 Å². The first-order valence-corrected chi connectivity index (χ1v) is 6.62. The van der Waals surface area contributed by atoms with Gasteiger partial charge in [0.25, 0.3) is 0 Å². The minimum atomic E-state index is 0.571. The molecule has 2 rings (SSSR count). The Kier molecular flexibility index (Phi) is 3.72. The predicted octanol–water partition coefficient (Wildman–Crippen LogP) is 2.74. The van der Waals surface area contributed by atoms with E-state index in [0.29, 0.717) is 12.0 Å². The van der Waals surface area contributed by atoms with Gasteiger partial charge in [0, 0.05) is 24.8 Å². The average molecular weight is 232 g/mol. The SMILES string of the molecule is Cc1cc(C)cc(N2CC(C)CNCC2C)c1. The topological polar surface area (TPSA) is 15.3 Å². The van der Waals surface area contributed by atoms with Crippen LogP contribution >= 0.6 is 0 Å². The van der Waals surface area contributed by atoms with Gasteiger partial charge in [0.2, 0.25) is 0 Å². The van der Waals surface area contributed by atoms with Crippen molar-refractivity contribution < 1.29 is 0 Å². The van der Waals surface area contributed by atoms with E-state index in [1.165, 1.54) is 16.8 Å². The molecule has 2 atom stereocenters. The summed E-state index contributed by atoms with van der Waals surface area (Å²) in [6.07, 6.45) is 0. The van der Waals surface area contributed by atoms with Crippen LogP contribution in [0.1, 0.15) is 25.0 Å². The van der Waals surface area contributed by atoms with E-state index in [2.05, 4.69) is 56.1 Å².